The average Bonchev–Trinajstić information content (AvgIpc) is 2.42. The van der Waals surface area contributed by atoms with Gasteiger partial charge < -0.3 is 10.2 Å². The van der Waals surface area contributed by atoms with Crippen LogP contribution in [0, 0.1) is 11.6 Å². The topological polar surface area (TPSA) is 15.3 Å². The number of anilines is 1. The second-order valence-corrected chi connectivity index (χ2v) is 4.88. The molecule has 0 saturated heterocycles. The average molecular weight is 276 g/mol. The maximum absolute atomic E-state index is 13.9. The highest BCUT2D eigenvalue weighted by molar-refractivity contribution is 5.49. The van der Waals surface area contributed by atoms with Crippen LogP contribution in [-0.4, -0.2) is 21.1 Å². The van der Waals surface area contributed by atoms with Crippen molar-refractivity contribution in [2.75, 3.05) is 26.0 Å². The summed E-state index contributed by atoms with van der Waals surface area (Å²) in [5.74, 6) is -1.11. The monoisotopic (exact) mass is 276 g/mol. The molecule has 2 rings (SSSR count). The van der Waals surface area contributed by atoms with Gasteiger partial charge in [-0.15, -0.1) is 0 Å². The Balaban J connectivity index is 2.44. The first kappa shape index (κ1) is 14.5. The van der Waals surface area contributed by atoms with E-state index in [1.807, 2.05) is 43.3 Å². The molecule has 1 unspecified atom stereocenters. The number of hydrogen-bond donors (Lipinski definition) is 1. The Labute approximate surface area is 118 Å². The molecule has 2 nitrogen and oxygen atoms in total. The van der Waals surface area contributed by atoms with Crippen LogP contribution in [0.2, 0.25) is 0 Å². The maximum Gasteiger partial charge on any atom is 0.131 e. The summed E-state index contributed by atoms with van der Waals surface area (Å²) in [7, 11) is 5.66. The highest BCUT2D eigenvalue weighted by Gasteiger charge is 2.17. The van der Waals surface area contributed by atoms with E-state index in [4.69, 9.17) is 0 Å². The van der Waals surface area contributed by atoms with Gasteiger partial charge in [0.2, 0.25) is 0 Å². The molecule has 0 aliphatic carbocycles. The van der Waals surface area contributed by atoms with Gasteiger partial charge in [-0.3, -0.25) is 0 Å². The third-order valence-electron chi connectivity index (χ3n) is 3.28. The number of rotatable bonds is 4. The van der Waals surface area contributed by atoms with Crippen molar-refractivity contribution in [3.63, 3.8) is 0 Å². The number of hydrogen-bond acceptors (Lipinski definition) is 2. The third-order valence-corrected chi connectivity index (χ3v) is 3.28. The molecule has 0 spiro atoms. The summed E-state index contributed by atoms with van der Waals surface area (Å²) in [6.07, 6.45) is 0. The molecule has 0 aromatic heterocycles. The summed E-state index contributed by atoms with van der Waals surface area (Å²) in [4.78, 5) is 1.98. The SMILES string of the molecule is CNC(c1cccc(N(C)C)c1)c1ccc(F)cc1F. The first-order valence-electron chi connectivity index (χ1n) is 6.42. The van der Waals surface area contributed by atoms with Crippen molar-refractivity contribution in [1.29, 1.82) is 0 Å². The van der Waals surface area contributed by atoms with Gasteiger partial charge in [-0.05, 0) is 30.8 Å². The summed E-state index contributed by atoms with van der Waals surface area (Å²) in [6, 6.07) is 11.2. The molecular formula is C16H18F2N2. The zero-order chi connectivity index (χ0) is 14.7. The molecule has 1 N–H and O–H groups in total. The molecule has 0 heterocycles. The van der Waals surface area contributed by atoms with Crippen molar-refractivity contribution in [3.8, 4) is 0 Å². The first-order valence-corrected chi connectivity index (χ1v) is 6.42. The van der Waals surface area contributed by atoms with E-state index in [2.05, 4.69) is 5.32 Å². The minimum atomic E-state index is -0.567. The van der Waals surface area contributed by atoms with E-state index in [1.54, 1.807) is 7.05 Å². The lowest BCUT2D eigenvalue weighted by atomic mass is 9.97. The van der Waals surface area contributed by atoms with Gasteiger partial charge in [0, 0.05) is 31.4 Å². The van der Waals surface area contributed by atoms with Gasteiger partial charge in [0.25, 0.3) is 0 Å². The largest absolute Gasteiger partial charge is 0.378 e. The van der Waals surface area contributed by atoms with Crippen LogP contribution in [0.25, 0.3) is 0 Å². The predicted molar refractivity (Wildman–Crippen MR) is 78.0 cm³/mol. The molecule has 0 aliphatic heterocycles. The number of nitrogens with one attached hydrogen (secondary N) is 1. The second kappa shape index (κ2) is 6.01. The van der Waals surface area contributed by atoms with Gasteiger partial charge in [0.15, 0.2) is 0 Å². The highest BCUT2D eigenvalue weighted by atomic mass is 19.1. The Bertz CT molecular complexity index is 597. The van der Waals surface area contributed by atoms with Crippen LogP contribution in [0.15, 0.2) is 42.5 Å². The normalized spacial score (nSPS) is 12.2. The number of nitrogens with zero attached hydrogens (tertiary/aromatic N) is 1. The standard InChI is InChI=1S/C16H18F2N2/c1-19-16(14-8-7-12(17)10-15(14)18)11-5-4-6-13(9-11)20(2)3/h4-10,16,19H,1-3H3. The molecule has 4 heteroatoms. The molecule has 2 aromatic rings. The van der Waals surface area contributed by atoms with Gasteiger partial charge in [0.1, 0.15) is 11.6 Å². The molecule has 0 bridgehead atoms. The fraction of sp³-hybridized carbons (Fsp3) is 0.250. The maximum atomic E-state index is 13.9. The van der Waals surface area contributed by atoms with Gasteiger partial charge in [0.05, 0.1) is 6.04 Å². The van der Waals surface area contributed by atoms with E-state index in [9.17, 15) is 8.78 Å². The van der Waals surface area contributed by atoms with Crippen molar-refractivity contribution in [1.82, 2.24) is 5.32 Å². The van der Waals surface area contributed by atoms with Crippen LogP contribution in [0.5, 0.6) is 0 Å². The van der Waals surface area contributed by atoms with Crippen molar-refractivity contribution in [3.05, 3.63) is 65.2 Å². The van der Waals surface area contributed by atoms with E-state index in [-0.39, 0.29) is 6.04 Å². The van der Waals surface area contributed by atoms with Crippen LogP contribution in [0.3, 0.4) is 0 Å². The summed E-state index contributed by atoms with van der Waals surface area (Å²) < 4.78 is 27.0. The zero-order valence-electron chi connectivity index (χ0n) is 11.8. The smallest absolute Gasteiger partial charge is 0.131 e. The molecule has 106 valence electrons. The number of halogens is 2. The molecule has 0 saturated carbocycles. The summed E-state index contributed by atoms with van der Waals surface area (Å²) in [6.45, 7) is 0. The van der Waals surface area contributed by atoms with Crippen molar-refractivity contribution in [2.45, 2.75) is 6.04 Å². The van der Waals surface area contributed by atoms with E-state index in [0.717, 1.165) is 17.3 Å². The molecule has 0 radical (unpaired) electrons. The van der Waals surface area contributed by atoms with E-state index < -0.39 is 11.6 Å². The van der Waals surface area contributed by atoms with Crippen LogP contribution < -0.4 is 10.2 Å². The van der Waals surface area contributed by atoms with Gasteiger partial charge in [-0.1, -0.05) is 18.2 Å². The fourth-order valence-electron chi connectivity index (χ4n) is 2.22. The van der Waals surface area contributed by atoms with Crippen LogP contribution >= 0.6 is 0 Å². The van der Waals surface area contributed by atoms with Crippen molar-refractivity contribution >= 4 is 5.69 Å². The predicted octanol–water partition coefficient (Wildman–Crippen LogP) is 3.34. The van der Waals surface area contributed by atoms with Crippen molar-refractivity contribution < 1.29 is 8.78 Å². The lowest BCUT2D eigenvalue weighted by Crippen LogP contribution is -2.19. The number of benzene rings is 2. The Morgan fingerprint density at radius 1 is 1.05 bits per heavy atom. The minimum Gasteiger partial charge on any atom is -0.378 e. The van der Waals surface area contributed by atoms with Crippen molar-refractivity contribution in [2.24, 2.45) is 0 Å². The van der Waals surface area contributed by atoms with Crippen LogP contribution in [-0.2, 0) is 0 Å². The molecule has 0 aliphatic rings. The Morgan fingerprint density at radius 3 is 2.40 bits per heavy atom. The Kier molecular flexibility index (Phi) is 4.35. The lowest BCUT2D eigenvalue weighted by Gasteiger charge is -2.20. The quantitative estimate of drug-likeness (QED) is 0.921. The summed E-state index contributed by atoms with van der Waals surface area (Å²) in [5.41, 5.74) is 2.40. The highest BCUT2D eigenvalue weighted by Crippen LogP contribution is 2.27. The second-order valence-electron chi connectivity index (χ2n) is 4.88. The molecular weight excluding hydrogens is 258 g/mol. The third kappa shape index (κ3) is 2.96. The van der Waals surface area contributed by atoms with E-state index >= 15 is 0 Å². The molecule has 0 amide bonds. The first-order chi connectivity index (χ1) is 9.52. The Hall–Kier alpha value is -1.94. The van der Waals surface area contributed by atoms with Gasteiger partial charge in [-0.2, -0.15) is 0 Å². The summed E-state index contributed by atoms with van der Waals surface area (Å²) in [5, 5.41) is 3.08. The van der Waals surface area contributed by atoms with Crippen LogP contribution in [0.1, 0.15) is 17.2 Å². The molecule has 20 heavy (non-hydrogen) atoms. The zero-order valence-corrected chi connectivity index (χ0v) is 11.8. The molecule has 1 atom stereocenters. The van der Waals surface area contributed by atoms with E-state index in [0.29, 0.717) is 5.56 Å². The molecule has 2 aromatic carbocycles. The van der Waals surface area contributed by atoms with Gasteiger partial charge in [-0.25, -0.2) is 8.78 Å². The Morgan fingerprint density at radius 2 is 1.80 bits per heavy atom. The fourth-order valence-corrected chi connectivity index (χ4v) is 2.22. The van der Waals surface area contributed by atoms with E-state index in [1.165, 1.54) is 12.1 Å². The summed E-state index contributed by atoms with van der Waals surface area (Å²) >= 11 is 0. The van der Waals surface area contributed by atoms with Gasteiger partial charge >= 0.3 is 0 Å². The minimum absolute atomic E-state index is 0.310. The lowest BCUT2D eigenvalue weighted by molar-refractivity contribution is 0.552. The van der Waals surface area contributed by atoms with Crippen LogP contribution in [0.4, 0.5) is 14.5 Å². The molecule has 0 fully saturated rings.